The van der Waals surface area contributed by atoms with Crippen molar-refractivity contribution in [3.05, 3.63) is 53.6 Å². The highest BCUT2D eigenvalue weighted by atomic mass is 16.5. The number of nitrogens with one attached hydrogen (secondary N) is 1. The number of carboxylic acid groups (broad SMARTS) is 2. The molecule has 0 unspecified atom stereocenters. The fourth-order valence-corrected chi connectivity index (χ4v) is 2.99. The SMILES string of the molecule is CC(=O)O.COc1ccc(CCCOc2ccc(CCCNCCC(=O)O)cc2)cc1OC. The lowest BCUT2D eigenvalue weighted by Gasteiger charge is -2.10. The molecule has 2 aromatic rings. The molecule has 0 saturated heterocycles. The lowest BCUT2D eigenvalue weighted by molar-refractivity contribution is -0.137. The Morgan fingerprint density at radius 1 is 0.848 bits per heavy atom. The van der Waals surface area contributed by atoms with Crippen LogP contribution in [0.3, 0.4) is 0 Å². The van der Waals surface area contributed by atoms with Crippen LogP contribution in [0.1, 0.15) is 37.3 Å². The number of hydrogen-bond donors (Lipinski definition) is 3. The van der Waals surface area contributed by atoms with Crippen LogP contribution in [0.5, 0.6) is 17.2 Å². The van der Waals surface area contributed by atoms with Crippen molar-refractivity contribution in [2.75, 3.05) is 33.9 Å². The van der Waals surface area contributed by atoms with Gasteiger partial charge in [0.1, 0.15) is 5.75 Å². The van der Waals surface area contributed by atoms with Gasteiger partial charge in [-0.15, -0.1) is 0 Å². The minimum absolute atomic E-state index is 0.165. The predicted molar refractivity (Wildman–Crippen MR) is 127 cm³/mol. The fraction of sp³-hybridized carbons (Fsp3) is 0.440. The molecule has 182 valence electrons. The maximum Gasteiger partial charge on any atom is 0.304 e. The van der Waals surface area contributed by atoms with Crippen molar-refractivity contribution in [2.24, 2.45) is 0 Å². The van der Waals surface area contributed by atoms with Crippen LogP contribution in [0.4, 0.5) is 0 Å². The van der Waals surface area contributed by atoms with Crippen molar-refractivity contribution >= 4 is 11.9 Å². The summed E-state index contributed by atoms with van der Waals surface area (Å²) in [6.07, 6.45) is 3.93. The Labute approximate surface area is 195 Å². The summed E-state index contributed by atoms with van der Waals surface area (Å²) in [6, 6.07) is 14.2. The summed E-state index contributed by atoms with van der Waals surface area (Å²) in [6.45, 7) is 3.08. The molecule has 0 fully saturated rings. The average Bonchev–Trinajstić information content (AvgIpc) is 2.79. The molecule has 2 rings (SSSR count). The number of ether oxygens (including phenoxy) is 3. The first-order valence-electron chi connectivity index (χ1n) is 10.9. The number of carbonyl (C=O) groups is 2. The van der Waals surface area contributed by atoms with Gasteiger partial charge in [0.25, 0.3) is 5.97 Å². The zero-order valence-electron chi connectivity index (χ0n) is 19.6. The van der Waals surface area contributed by atoms with E-state index in [2.05, 4.69) is 17.4 Å². The second-order valence-corrected chi connectivity index (χ2v) is 7.30. The molecule has 0 aromatic heterocycles. The monoisotopic (exact) mass is 461 g/mol. The summed E-state index contributed by atoms with van der Waals surface area (Å²) in [4.78, 5) is 19.4. The zero-order valence-corrected chi connectivity index (χ0v) is 19.6. The maximum atomic E-state index is 10.4. The zero-order chi connectivity index (χ0) is 24.5. The van der Waals surface area contributed by atoms with Crippen LogP contribution in [0.2, 0.25) is 0 Å². The van der Waals surface area contributed by atoms with E-state index in [-0.39, 0.29) is 6.42 Å². The predicted octanol–water partition coefficient (Wildman–Crippen LogP) is 3.80. The van der Waals surface area contributed by atoms with Gasteiger partial charge in [0.2, 0.25) is 0 Å². The Bertz CT molecular complexity index is 833. The molecule has 0 aliphatic carbocycles. The van der Waals surface area contributed by atoms with Crippen LogP contribution in [0.15, 0.2) is 42.5 Å². The smallest absolute Gasteiger partial charge is 0.304 e. The number of aliphatic carboxylic acids is 2. The van der Waals surface area contributed by atoms with E-state index in [0.29, 0.717) is 13.2 Å². The van der Waals surface area contributed by atoms with Gasteiger partial charge < -0.3 is 29.7 Å². The van der Waals surface area contributed by atoms with Crippen molar-refractivity contribution < 1.29 is 34.0 Å². The largest absolute Gasteiger partial charge is 0.494 e. The van der Waals surface area contributed by atoms with Crippen LogP contribution in [-0.4, -0.2) is 56.1 Å². The first kappa shape index (κ1) is 27.8. The van der Waals surface area contributed by atoms with Crippen molar-refractivity contribution in [3.63, 3.8) is 0 Å². The van der Waals surface area contributed by atoms with Crippen LogP contribution >= 0.6 is 0 Å². The Kier molecular flexibility index (Phi) is 13.8. The summed E-state index contributed by atoms with van der Waals surface area (Å²) >= 11 is 0. The summed E-state index contributed by atoms with van der Waals surface area (Å²) < 4.78 is 16.4. The molecular weight excluding hydrogens is 426 g/mol. The Hall–Kier alpha value is -3.26. The summed E-state index contributed by atoms with van der Waals surface area (Å²) in [5.74, 6) is 0.764. The van der Waals surface area contributed by atoms with Crippen molar-refractivity contribution in [3.8, 4) is 17.2 Å². The Morgan fingerprint density at radius 3 is 2.06 bits per heavy atom. The first-order valence-corrected chi connectivity index (χ1v) is 10.9. The van der Waals surface area contributed by atoms with Gasteiger partial charge >= 0.3 is 5.97 Å². The Balaban J connectivity index is 0.00000125. The van der Waals surface area contributed by atoms with E-state index < -0.39 is 11.9 Å². The number of methoxy groups -OCH3 is 2. The molecule has 0 spiro atoms. The highest BCUT2D eigenvalue weighted by Gasteiger charge is 2.05. The summed E-state index contributed by atoms with van der Waals surface area (Å²) in [5, 5.41) is 19.1. The topological polar surface area (TPSA) is 114 Å². The minimum Gasteiger partial charge on any atom is -0.494 e. The molecule has 8 nitrogen and oxygen atoms in total. The standard InChI is InChI=1S/C23H31NO5.C2H4O2/c1-27-21-12-9-19(17-22(21)28-2)6-4-16-29-20-10-7-18(8-11-20)5-3-14-24-15-13-23(25)26;1-2(3)4/h7-12,17,24H,3-6,13-16H2,1-2H3,(H,25,26);1H3,(H,3,4). The van der Waals surface area contributed by atoms with Crippen LogP contribution < -0.4 is 19.5 Å². The molecule has 0 heterocycles. The van der Waals surface area contributed by atoms with Crippen LogP contribution in [-0.2, 0) is 22.4 Å². The molecule has 0 aliphatic rings. The Morgan fingerprint density at radius 2 is 1.45 bits per heavy atom. The van der Waals surface area contributed by atoms with Gasteiger partial charge in [-0.1, -0.05) is 18.2 Å². The molecule has 0 radical (unpaired) electrons. The average molecular weight is 462 g/mol. The molecule has 2 aromatic carbocycles. The van der Waals surface area contributed by atoms with Gasteiger partial charge in [0, 0.05) is 13.5 Å². The third kappa shape index (κ3) is 13.0. The van der Waals surface area contributed by atoms with E-state index in [1.165, 1.54) is 11.1 Å². The molecule has 3 N–H and O–H groups in total. The van der Waals surface area contributed by atoms with Gasteiger partial charge in [-0.05, 0) is 67.6 Å². The first-order chi connectivity index (χ1) is 15.8. The molecule has 8 heteroatoms. The van der Waals surface area contributed by atoms with Gasteiger partial charge in [-0.2, -0.15) is 0 Å². The molecule has 33 heavy (non-hydrogen) atoms. The molecular formula is C25H35NO7. The van der Waals surface area contributed by atoms with Crippen molar-refractivity contribution in [1.29, 1.82) is 0 Å². The van der Waals surface area contributed by atoms with E-state index in [1.807, 2.05) is 30.3 Å². The molecule has 0 amide bonds. The number of rotatable bonds is 14. The van der Waals surface area contributed by atoms with Crippen LogP contribution in [0.25, 0.3) is 0 Å². The van der Waals surface area contributed by atoms with E-state index >= 15 is 0 Å². The molecule has 0 atom stereocenters. The van der Waals surface area contributed by atoms with Gasteiger partial charge in [-0.3, -0.25) is 9.59 Å². The van der Waals surface area contributed by atoms with Gasteiger partial charge in [0.15, 0.2) is 11.5 Å². The quantitative estimate of drug-likeness (QED) is 0.364. The van der Waals surface area contributed by atoms with Crippen molar-refractivity contribution in [2.45, 2.75) is 39.0 Å². The second-order valence-electron chi connectivity index (χ2n) is 7.30. The van der Waals surface area contributed by atoms with Crippen LogP contribution in [0, 0.1) is 0 Å². The maximum absolute atomic E-state index is 10.4. The third-order valence-corrected chi connectivity index (χ3v) is 4.58. The minimum atomic E-state index is -0.833. The highest BCUT2D eigenvalue weighted by molar-refractivity contribution is 5.66. The summed E-state index contributed by atoms with van der Waals surface area (Å²) in [7, 11) is 3.28. The second kappa shape index (κ2) is 16.4. The summed E-state index contributed by atoms with van der Waals surface area (Å²) in [5.41, 5.74) is 2.45. The van der Waals surface area contributed by atoms with E-state index in [4.69, 9.17) is 29.2 Å². The number of benzene rings is 2. The van der Waals surface area contributed by atoms with Gasteiger partial charge in [0.05, 0.1) is 27.2 Å². The van der Waals surface area contributed by atoms with Crippen molar-refractivity contribution in [1.82, 2.24) is 5.32 Å². The highest BCUT2D eigenvalue weighted by Crippen LogP contribution is 2.28. The van der Waals surface area contributed by atoms with E-state index in [9.17, 15) is 4.79 Å². The van der Waals surface area contributed by atoms with E-state index in [1.54, 1.807) is 14.2 Å². The molecule has 0 saturated carbocycles. The fourth-order valence-electron chi connectivity index (χ4n) is 2.99. The lowest BCUT2D eigenvalue weighted by atomic mass is 10.1. The van der Waals surface area contributed by atoms with Gasteiger partial charge in [-0.25, -0.2) is 0 Å². The number of hydrogen-bond acceptors (Lipinski definition) is 6. The molecule has 0 bridgehead atoms. The molecule has 0 aliphatic heterocycles. The number of aryl methyl sites for hydroxylation is 2. The number of carboxylic acids is 2. The lowest BCUT2D eigenvalue weighted by Crippen LogP contribution is -2.19. The third-order valence-electron chi connectivity index (χ3n) is 4.58. The normalized spacial score (nSPS) is 10.0. The van der Waals surface area contributed by atoms with E-state index in [0.717, 1.165) is 56.4 Å².